The van der Waals surface area contributed by atoms with Crippen LogP contribution < -0.4 is 10.6 Å². The van der Waals surface area contributed by atoms with Gasteiger partial charge >= 0.3 is 0 Å². The molecule has 0 saturated carbocycles. The van der Waals surface area contributed by atoms with Crippen molar-refractivity contribution in [2.24, 2.45) is 0 Å². The molecule has 1 aliphatic heterocycles. The molecule has 3 rings (SSSR count). The number of anilines is 2. The van der Waals surface area contributed by atoms with E-state index in [2.05, 4.69) is 10.6 Å². The molecule has 2 aromatic rings. The van der Waals surface area contributed by atoms with E-state index in [4.69, 9.17) is 0 Å². The Bertz CT molecular complexity index is 594. The van der Waals surface area contributed by atoms with Crippen LogP contribution in [0.25, 0.3) is 0 Å². The normalized spacial score (nSPS) is 13.6. The summed E-state index contributed by atoms with van der Waals surface area (Å²) in [5.41, 5.74) is 1.96. The molecule has 88 valence electrons. The van der Waals surface area contributed by atoms with E-state index >= 15 is 0 Å². The summed E-state index contributed by atoms with van der Waals surface area (Å²) >= 11 is 0. The Morgan fingerprint density at radius 2 is 1.00 bits per heavy atom. The number of benzene rings is 2. The molecule has 0 unspecified atom stereocenters. The zero-order valence-electron chi connectivity index (χ0n) is 9.44. The Kier molecular flexibility index (Phi) is 2.34. The van der Waals surface area contributed by atoms with E-state index in [1.165, 1.54) is 0 Å². The summed E-state index contributed by atoms with van der Waals surface area (Å²) in [6, 6.07) is 13.9. The van der Waals surface area contributed by atoms with Crippen molar-refractivity contribution in [3.05, 3.63) is 59.7 Å². The lowest BCUT2D eigenvalue weighted by Gasteiger charge is -2.17. The summed E-state index contributed by atoms with van der Waals surface area (Å²) in [5, 5.41) is 5.57. The van der Waals surface area contributed by atoms with Crippen molar-refractivity contribution in [3.8, 4) is 0 Å². The zero-order chi connectivity index (χ0) is 12.5. The lowest BCUT2D eigenvalue weighted by molar-refractivity contribution is 0.0988. The van der Waals surface area contributed by atoms with Crippen molar-refractivity contribution in [2.75, 3.05) is 10.6 Å². The second-order valence-corrected chi connectivity index (χ2v) is 4.00. The van der Waals surface area contributed by atoms with Gasteiger partial charge in [0.2, 0.25) is 0 Å². The first-order chi connectivity index (χ1) is 8.75. The quantitative estimate of drug-likeness (QED) is 0.740. The minimum atomic E-state index is -0.270. The predicted molar refractivity (Wildman–Crippen MR) is 68.8 cm³/mol. The molecule has 4 nitrogen and oxygen atoms in total. The SMILES string of the molecule is O=C1Nc2ccccc2NC(=O)c2ccccc21. The van der Waals surface area contributed by atoms with Gasteiger partial charge in [0.15, 0.2) is 0 Å². The maximum absolute atomic E-state index is 12.1. The van der Waals surface area contributed by atoms with Crippen molar-refractivity contribution in [1.29, 1.82) is 0 Å². The van der Waals surface area contributed by atoms with E-state index in [-0.39, 0.29) is 11.8 Å². The Hall–Kier alpha value is -2.62. The van der Waals surface area contributed by atoms with Crippen molar-refractivity contribution in [3.63, 3.8) is 0 Å². The van der Waals surface area contributed by atoms with Crippen LogP contribution >= 0.6 is 0 Å². The van der Waals surface area contributed by atoms with Crippen LogP contribution in [0.4, 0.5) is 11.4 Å². The van der Waals surface area contributed by atoms with Crippen LogP contribution in [0.15, 0.2) is 48.5 Å². The molecule has 0 spiro atoms. The average Bonchev–Trinajstić information content (AvgIpc) is 2.39. The number of carbonyl (C=O) groups excluding carboxylic acids is 2. The Labute approximate surface area is 104 Å². The second kappa shape index (κ2) is 4.00. The molecule has 0 aromatic heterocycles. The molecule has 2 amide bonds. The first-order valence-electron chi connectivity index (χ1n) is 5.56. The summed E-state index contributed by atoms with van der Waals surface area (Å²) in [7, 11) is 0. The number of fused-ring (bicyclic) bond motifs is 2. The predicted octanol–water partition coefficient (Wildman–Crippen LogP) is 2.50. The van der Waals surface area contributed by atoms with Gasteiger partial charge in [-0.1, -0.05) is 24.3 Å². The third-order valence-corrected chi connectivity index (χ3v) is 2.84. The van der Waals surface area contributed by atoms with Gasteiger partial charge < -0.3 is 10.6 Å². The number of hydrogen-bond acceptors (Lipinski definition) is 2. The lowest BCUT2D eigenvalue weighted by atomic mass is 10.0. The third kappa shape index (κ3) is 1.64. The molecular weight excluding hydrogens is 228 g/mol. The van der Waals surface area contributed by atoms with E-state index in [0.717, 1.165) is 0 Å². The highest BCUT2D eigenvalue weighted by molar-refractivity contribution is 6.18. The van der Waals surface area contributed by atoms with E-state index < -0.39 is 0 Å². The maximum Gasteiger partial charge on any atom is 0.256 e. The largest absolute Gasteiger partial charge is 0.320 e. The van der Waals surface area contributed by atoms with Crippen LogP contribution in [0.5, 0.6) is 0 Å². The molecule has 18 heavy (non-hydrogen) atoms. The van der Waals surface area contributed by atoms with Crippen molar-refractivity contribution in [1.82, 2.24) is 0 Å². The second-order valence-electron chi connectivity index (χ2n) is 4.00. The van der Waals surface area contributed by atoms with E-state index in [1.807, 2.05) is 0 Å². The van der Waals surface area contributed by atoms with Crippen molar-refractivity contribution < 1.29 is 9.59 Å². The van der Waals surface area contributed by atoms with Gasteiger partial charge in [-0.2, -0.15) is 0 Å². The molecular formula is C14H10N2O2. The molecule has 0 saturated heterocycles. The van der Waals surface area contributed by atoms with Gasteiger partial charge in [0.25, 0.3) is 11.8 Å². The van der Waals surface area contributed by atoms with Crippen LogP contribution in [0.2, 0.25) is 0 Å². The number of hydrogen-bond donors (Lipinski definition) is 2. The first kappa shape index (κ1) is 10.5. The Morgan fingerprint density at radius 3 is 1.44 bits per heavy atom. The molecule has 4 heteroatoms. The third-order valence-electron chi connectivity index (χ3n) is 2.84. The van der Waals surface area contributed by atoms with Gasteiger partial charge in [-0.3, -0.25) is 9.59 Å². The summed E-state index contributed by atoms with van der Waals surface area (Å²) in [6.07, 6.45) is 0. The molecule has 0 radical (unpaired) electrons. The molecule has 0 aliphatic carbocycles. The van der Waals surface area contributed by atoms with Crippen LogP contribution in [0.1, 0.15) is 20.7 Å². The number of rotatable bonds is 0. The smallest absolute Gasteiger partial charge is 0.256 e. The van der Waals surface area contributed by atoms with Crippen molar-refractivity contribution in [2.45, 2.75) is 0 Å². The van der Waals surface area contributed by atoms with Gasteiger partial charge in [0.1, 0.15) is 0 Å². The van der Waals surface area contributed by atoms with Crippen LogP contribution in [-0.2, 0) is 0 Å². The van der Waals surface area contributed by atoms with Gasteiger partial charge in [0, 0.05) is 0 Å². The molecule has 1 heterocycles. The van der Waals surface area contributed by atoms with Crippen LogP contribution in [0, 0.1) is 0 Å². The number of carbonyl (C=O) groups is 2. The summed E-state index contributed by atoms with van der Waals surface area (Å²) in [4.78, 5) is 24.2. The monoisotopic (exact) mass is 238 g/mol. The fourth-order valence-electron chi connectivity index (χ4n) is 1.96. The molecule has 0 atom stereocenters. The Morgan fingerprint density at radius 1 is 0.611 bits per heavy atom. The average molecular weight is 238 g/mol. The molecule has 0 bridgehead atoms. The first-order valence-corrected chi connectivity index (χ1v) is 5.56. The standard InChI is InChI=1S/C14H10N2O2/c17-13-9-5-1-2-6-10(9)14(18)16-12-8-4-3-7-11(12)15-13/h1-8H,(H,15,17)(H,16,18). The maximum atomic E-state index is 12.1. The molecule has 2 N–H and O–H groups in total. The topological polar surface area (TPSA) is 58.2 Å². The Balaban J connectivity index is 2.16. The highest BCUT2D eigenvalue weighted by Gasteiger charge is 2.21. The number of amides is 2. The minimum Gasteiger partial charge on any atom is -0.320 e. The number of para-hydroxylation sites is 2. The molecule has 0 fully saturated rings. The number of nitrogens with one attached hydrogen (secondary N) is 2. The van der Waals surface area contributed by atoms with Gasteiger partial charge in [-0.25, -0.2) is 0 Å². The summed E-state index contributed by atoms with van der Waals surface area (Å²) < 4.78 is 0. The van der Waals surface area contributed by atoms with E-state index in [1.54, 1.807) is 48.5 Å². The molecule has 2 aromatic carbocycles. The highest BCUT2D eigenvalue weighted by atomic mass is 16.2. The van der Waals surface area contributed by atoms with E-state index in [9.17, 15) is 9.59 Å². The van der Waals surface area contributed by atoms with Crippen LogP contribution in [-0.4, -0.2) is 11.8 Å². The fourth-order valence-corrected chi connectivity index (χ4v) is 1.96. The van der Waals surface area contributed by atoms with Gasteiger partial charge in [-0.05, 0) is 24.3 Å². The van der Waals surface area contributed by atoms with Gasteiger partial charge in [-0.15, -0.1) is 0 Å². The molecule has 1 aliphatic rings. The summed E-state index contributed by atoms with van der Waals surface area (Å²) in [5.74, 6) is -0.541. The minimum absolute atomic E-state index is 0.270. The lowest BCUT2D eigenvalue weighted by Crippen LogP contribution is -2.24. The highest BCUT2D eigenvalue weighted by Crippen LogP contribution is 2.25. The van der Waals surface area contributed by atoms with Gasteiger partial charge in [0.05, 0.1) is 22.5 Å². The summed E-state index contributed by atoms with van der Waals surface area (Å²) in [6.45, 7) is 0. The van der Waals surface area contributed by atoms with Crippen LogP contribution in [0.3, 0.4) is 0 Å². The van der Waals surface area contributed by atoms with Crippen molar-refractivity contribution >= 4 is 23.2 Å². The zero-order valence-corrected chi connectivity index (χ0v) is 9.44. The fraction of sp³-hybridized carbons (Fsp3) is 0. The van der Waals surface area contributed by atoms with E-state index in [0.29, 0.717) is 22.5 Å².